The normalized spacial score (nSPS) is 17.0. The molecule has 5 rings (SSSR count). The number of nitrogens with zero attached hydrogens (tertiary/aromatic N) is 4. The molecule has 0 N–H and O–H groups in total. The molecule has 1 fully saturated rings. The number of rotatable bonds is 3. The summed E-state index contributed by atoms with van der Waals surface area (Å²) in [5.74, 6) is 1.66. The molecule has 146 valence electrons. The lowest BCUT2D eigenvalue weighted by molar-refractivity contribution is 0.0699. The fourth-order valence-corrected chi connectivity index (χ4v) is 4.09. The molecule has 6 heteroatoms. The van der Waals surface area contributed by atoms with Crippen LogP contribution in [0.5, 0.6) is 0 Å². The minimum Gasteiger partial charge on any atom is -0.440 e. The lowest BCUT2D eigenvalue weighted by Gasteiger charge is -2.31. The van der Waals surface area contributed by atoms with E-state index in [1.165, 1.54) is 0 Å². The molecule has 1 saturated heterocycles. The molecule has 1 unspecified atom stereocenters. The maximum Gasteiger partial charge on any atom is 0.254 e. The third-order valence-electron chi connectivity index (χ3n) is 5.59. The van der Waals surface area contributed by atoms with Crippen LogP contribution in [0.15, 0.2) is 65.3 Å². The molecule has 0 radical (unpaired) electrons. The molecule has 6 nitrogen and oxygen atoms in total. The highest BCUT2D eigenvalue weighted by molar-refractivity contribution is 6.00. The maximum absolute atomic E-state index is 13.4. The largest absolute Gasteiger partial charge is 0.440 e. The van der Waals surface area contributed by atoms with Crippen LogP contribution in [0.1, 0.15) is 35.0 Å². The minimum atomic E-state index is 0.0319. The number of aryl methyl sites for hydroxylation is 1. The number of carbonyl (C=O) groups excluding carboxylic acids is 1. The van der Waals surface area contributed by atoms with E-state index < -0.39 is 0 Å². The molecule has 0 aliphatic carbocycles. The molecule has 2 aromatic heterocycles. The molecule has 1 amide bonds. The van der Waals surface area contributed by atoms with Gasteiger partial charge in [-0.15, -0.1) is 0 Å². The number of likely N-dealkylation sites (tertiary alicyclic amines) is 1. The Morgan fingerprint density at radius 3 is 2.79 bits per heavy atom. The van der Waals surface area contributed by atoms with Gasteiger partial charge in [-0.1, -0.05) is 30.3 Å². The minimum absolute atomic E-state index is 0.0319. The summed E-state index contributed by atoms with van der Waals surface area (Å²) in [7, 11) is 1.94. The standard InChI is InChI=1S/C23H22N4O2/c1-26-14-12-24-21(26)17-8-2-3-9-18(17)23(28)27-13-6-7-16(15-27)22-25-19-10-4-5-11-20(19)29-22/h2-5,8-12,14,16H,6-7,13,15H2,1H3. The number of para-hydroxylation sites is 2. The average molecular weight is 386 g/mol. The Morgan fingerprint density at radius 1 is 1.14 bits per heavy atom. The van der Waals surface area contributed by atoms with Gasteiger partial charge in [0.15, 0.2) is 11.5 Å². The van der Waals surface area contributed by atoms with Gasteiger partial charge < -0.3 is 13.9 Å². The zero-order valence-corrected chi connectivity index (χ0v) is 16.3. The molecule has 2 aromatic carbocycles. The van der Waals surface area contributed by atoms with Gasteiger partial charge in [0.25, 0.3) is 5.91 Å². The first-order valence-corrected chi connectivity index (χ1v) is 9.92. The van der Waals surface area contributed by atoms with Gasteiger partial charge in [-0.05, 0) is 31.0 Å². The van der Waals surface area contributed by atoms with Crippen molar-refractivity contribution in [2.24, 2.45) is 7.05 Å². The number of aromatic nitrogens is 3. The maximum atomic E-state index is 13.4. The van der Waals surface area contributed by atoms with E-state index in [-0.39, 0.29) is 11.8 Å². The highest BCUT2D eigenvalue weighted by Crippen LogP contribution is 2.31. The van der Waals surface area contributed by atoms with Crippen molar-refractivity contribution in [1.82, 2.24) is 19.4 Å². The van der Waals surface area contributed by atoms with E-state index in [2.05, 4.69) is 9.97 Å². The second-order valence-electron chi connectivity index (χ2n) is 7.52. The Balaban J connectivity index is 1.43. The molecule has 0 spiro atoms. The second kappa shape index (κ2) is 7.20. The topological polar surface area (TPSA) is 64.2 Å². The van der Waals surface area contributed by atoms with Crippen LogP contribution in [-0.4, -0.2) is 38.4 Å². The highest BCUT2D eigenvalue weighted by Gasteiger charge is 2.30. The lowest BCUT2D eigenvalue weighted by Crippen LogP contribution is -2.39. The van der Waals surface area contributed by atoms with E-state index in [4.69, 9.17) is 4.42 Å². The Kier molecular flexibility index (Phi) is 4.39. The third kappa shape index (κ3) is 3.20. The highest BCUT2D eigenvalue weighted by atomic mass is 16.3. The zero-order chi connectivity index (χ0) is 19.8. The van der Waals surface area contributed by atoms with Gasteiger partial charge in [0.05, 0.1) is 11.5 Å². The van der Waals surface area contributed by atoms with Crippen molar-refractivity contribution < 1.29 is 9.21 Å². The number of oxazole rings is 1. The number of piperidine rings is 1. The summed E-state index contributed by atoms with van der Waals surface area (Å²) >= 11 is 0. The van der Waals surface area contributed by atoms with Gasteiger partial charge in [-0.2, -0.15) is 0 Å². The van der Waals surface area contributed by atoms with Crippen LogP contribution in [0, 0.1) is 0 Å². The molecule has 3 heterocycles. The van der Waals surface area contributed by atoms with E-state index in [1.807, 2.05) is 71.2 Å². The first-order valence-electron chi connectivity index (χ1n) is 9.92. The van der Waals surface area contributed by atoms with Crippen molar-refractivity contribution >= 4 is 17.0 Å². The molecule has 0 bridgehead atoms. The van der Waals surface area contributed by atoms with Gasteiger partial charge in [0.1, 0.15) is 11.3 Å². The Labute approximate surface area is 168 Å². The van der Waals surface area contributed by atoms with Gasteiger partial charge in [-0.3, -0.25) is 4.79 Å². The third-order valence-corrected chi connectivity index (χ3v) is 5.59. The number of fused-ring (bicyclic) bond motifs is 1. The molecule has 1 aliphatic heterocycles. The smallest absolute Gasteiger partial charge is 0.254 e. The fraction of sp³-hybridized carbons (Fsp3) is 0.261. The van der Waals surface area contributed by atoms with Gasteiger partial charge >= 0.3 is 0 Å². The van der Waals surface area contributed by atoms with Crippen molar-refractivity contribution in [2.75, 3.05) is 13.1 Å². The van der Waals surface area contributed by atoms with E-state index in [9.17, 15) is 4.79 Å². The SMILES string of the molecule is Cn1ccnc1-c1ccccc1C(=O)N1CCCC(c2nc3ccccc3o2)C1. The number of imidazole rings is 1. The Hall–Kier alpha value is -3.41. The van der Waals surface area contributed by atoms with Crippen molar-refractivity contribution in [1.29, 1.82) is 0 Å². The van der Waals surface area contributed by atoms with Crippen LogP contribution in [-0.2, 0) is 7.05 Å². The predicted octanol–water partition coefficient (Wildman–Crippen LogP) is 4.25. The van der Waals surface area contributed by atoms with E-state index >= 15 is 0 Å². The van der Waals surface area contributed by atoms with Gasteiger partial charge in [0, 0.05) is 38.1 Å². The summed E-state index contributed by atoms with van der Waals surface area (Å²) in [6.45, 7) is 1.35. The monoisotopic (exact) mass is 386 g/mol. The Bertz CT molecular complexity index is 1140. The first-order chi connectivity index (χ1) is 14.2. The van der Waals surface area contributed by atoms with Crippen LogP contribution < -0.4 is 0 Å². The molecular weight excluding hydrogens is 364 g/mol. The summed E-state index contributed by atoms with van der Waals surface area (Å²) < 4.78 is 7.91. The van der Waals surface area contributed by atoms with Crippen LogP contribution in [0.2, 0.25) is 0 Å². The fourth-order valence-electron chi connectivity index (χ4n) is 4.09. The van der Waals surface area contributed by atoms with E-state index in [1.54, 1.807) is 6.20 Å². The first kappa shape index (κ1) is 17.7. The summed E-state index contributed by atoms with van der Waals surface area (Å²) in [4.78, 5) is 24.4. The molecule has 1 aliphatic rings. The number of hydrogen-bond donors (Lipinski definition) is 0. The quantitative estimate of drug-likeness (QED) is 0.528. The van der Waals surface area contributed by atoms with Crippen molar-refractivity contribution in [3.63, 3.8) is 0 Å². The zero-order valence-electron chi connectivity index (χ0n) is 16.3. The predicted molar refractivity (Wildman–Crippen MR) is 111 cm³/mol. The number of hydrogen-bond acceptors (Lipinski definition) is 4. The number of carbonyl (C=O) groups is 1. The summed E-state index contributed by atoms with van der Waals surface area (Å²) in [5.41, 5.74) is 3.20. The molecule has 0 saturated carbocycles. The van der Waals surface area contributed by atoms with Crippen LogP contribution in [0.25, 0.3) is 22.5 Å². The van der Waals surface area contributed by atoms with E-state index in [0.29, 0.717) is 12.1 Å². The van der Waals surface area contributed by atoms with Crippen LogP contribution >= 0.6 is 0 Å². The lowest BCUT2D eigenvalue weighted by atomic mass is 9.96. The summed E-state index contributed by atoms with van der Waals surface area (Å²) in [5, 5.41) is 0. The van der Waals surface area contributed by atoms with Crippen molar-refractivity contribution in [3.05, 3.63) is 72.4 Å². The average Bonchev–Trinajstić information content (AvgIpc) is 3.39. The van der Waals surface area contributed by atoms with Crippen LogP contribution in [0.3, 0.4) is 0 Å². The second-order valence-corrected chi connectivity index (χ2v) is 7.52. The number of benzene rings is 2. The van der Waals surface area contributed by atoms with Crippen molar-refractivity contribution in [2.45, 2.75) is 18.8 Å². The van der Waals surface area contributed by atoms with Crippen molar-refractivity contribution in [3.8, 4) is 11.4 Å². The molecule has 4 aromatic rings. The summed E-state index contributed by atoms with van der Waals surface area (Å²) in [6.07, 6.45) is 5.54. The molecule has 1 atom stereocenters. The Morgan fingerprint density at radius 2 is 1.97 bits per heavy atom. The molecule has 29 heavy (non-hydrogen) atoms. The number of amides is 1. The summed E-state index contributed by atoms with van der Waals surface area (Å²) in [6, 6.07) is 15.5. The van der Waals surface area contributed by atoms with Crippen LogP contribution in [0.4, 0.5) is 0 Å². The molecular formula is C23H22N4O2. The van der Waals surface area contributed by atoms with E-state index in [0.717, 1.165) is 47.8 Å². The van der Waals surface area contributed by atoms with Gasteiger partial charge in [-0.25, -0.2) is 9.97 Å². The van der Waals surface area contributed by atoms with Gasteiger partial charge in [0.2, 0.25) is 0 Å².